The summed E-state index contributed by atoms with van der Waals surface area (Å²) in [5.74, 6) is 0. The van der Waals surface area contributed by atoms with E-state index >= 15 is 0 Å². The fourth-order valence-electron chi connectivity index (χ4n) is 1.12. The van der Waals surface area contributed by atoms with Crippen molar-refractivity contribution in [3.63, 3.8) is 0 Å². The molecule has 0 aromatic heterocycles. The Bertz CT molecular complexity index is 91.4. The average Bonchev–Trinajstić information content (AvgIpc) is 2.20. The number of nitrogens with zero attached hydrogens (tertiary/aromatic N) is 1. The maximum atomic E-state index is 7.75. The quantitative estimate of drug-likeness (QED) is 0.405. The molecule has 1 saturated heterocycles. The first-order chi connectivity index (χ1) is 6.35. The third-order valence-electron chi connectivity index (χ3n) is 1.78. The topological polar surface area (TPSA) is 87.5 Å². The van der Waals surface area contributed by atoms with Crippen LogP contribution in [0.15, 0.2) is 0 Å². The van der Waals surface area contributed by atoms with E-state index in [1.807, 2.05) is 0 Å². The zero-order valence-electron chi connectivity index (χ0n) is 8.21. The fourth-order valence-corrected chi connectivity index (χ4v) is 1.12. The Hall–Kier alpha value is -0.200. The number of nitrogens with two attached hydrogens (primary N) is 2. The number of aliphatic hydroxyl groups excluding tert-OH is 1. The van der Waals surface area contributed by atoms with E-state index in [2.05, 4.69) is 10.2 Å². The van der Waals surface area contributed by atoms with E-state index in [-0.39, 0.29) is 6.61 Å². The van der Waals surface area contributed by atoms with Crippen molar-refractivity contribution in [2.45, 2.75) is 0 Å². The molecule has 80 valence electrons. The maximum absolute atomic E-state index is 7.75. The van der Waals surface area contributed by atoms with Gasteiger partial charge in [0.15, 0.2) is 0 Å². The molecular formula is C8H22N4O. The minimum Gasteiger partial charge on any atom is -0.395 e. The monoisotopic (exact) mass is 190 g/mol. The number of nitrogens with one attached hydrogen (secondary N) is 1. The highest BCUT2D eigenvalue weighted by Crippen LogP contribution is 1.88. The number of hydrogen-bond acceptors (Lipinski definition) is 5. The Morgan fingerprint density at radius 3 is 2.08 bits per heavy atom. The Balaban J connectivity index is 0.000000310. The number of aliphatic hydroxyl groups is 1. The molecule has 1 aliphatic heterocycles. The van der Waals surface area contributed by atoms with Crippen LogP contribution in [0.25, 0.3) is 0 Å². The second-order valence-electron chi connectivity index (χ2n) is 2.89. The molecule has 5 nitrogen and oxygen atoms in total. The van der Waals surface area contributed by atoms with E-state index < -0.39 is 0 Å². The highest BCUT2D eigenvalue weighted by molar-refractivity contribution is 4.66. The van der Waals surface area contributed by atoms with Crippen LogP contribution in [0.2, 0.25) is 0 Å². The number of rotatable bonds is 3. The van der Waals surface area contributed by atoms with Crippen LogP contribution >= 0.6 is 0 Å². The van der Waals surface area contributed by atoms with Crippen LogP contribution in [-0.4, -0.2) is 62.4 Å². The van der Waals surface area contributed by atoms with E-state index in [9.17, 15) is 0 Å². The summed E-state index contributed by atoms with van der Waals surface area (Å²) in [6, 6.07) is 0. The van der Waals surface area contributed by atoms with E-state index in [0.717, 1.165) is 39.3 Å². The van der Waals surface area contributed by atoms with Crippen LogP contribution in [-0.2, 0) is 0 Å². The molecule has 0 unspecified atom stereocenters. The second kappa shape index (κ2) is 9.88. The van der Waals surface area contributed by atoms with E-state index in [4.69, 9.17) is 16.6 Å². The Morgan fingerprint density at radius 2 is 1.69 bits per heavy atom. The van der Waals surface area contributed by atoms with Crippen LogP contribution in [0.4, 0.5) is 0 Å². The molecule has 13 heavy (non-hydrogen) atoms. The van der Waals surface area contributed by atoms with Gasteiger partial charge in [-0.2, -0.15) is 0 Å². The van der Waals surface area contributed by atoms with Crippen molar-refractivity contribution in [3.05, 3.63) is 0 Å². The van der Waals surface area contributed by atoms with Gasteiger partial charge in [-0.1, -0.05) is 0 Å². The molecule has 1 fully saturated rings. The average molecular weight is 190 g/mol. The van der Waals surface area contributed by atoms with Crippen LogP contribution in [0.3, 0.4) is 0 Å². The maximum Gasteiger partial charge on any atom is 0.0553 e. The SMILES string of the molecule is NCCN1CCNCC1.NCCO. The highest BCUT2D eigenvalue weighted by atomic mass is 16.3. The van der Waals surface area contributed by atoms with Crippen molar-refractivity contribution < 1.29 is 5.11 Å². The molecule has 1 rings (SSSR count). The van der Waals surface area contributed by atoms with Gasteiger partial charge in [-0.05, 0) is 0 Å². The predicted molar refractivity (Wildman–Crippen MR) is 54.5 cm³/mol. The van der Waals surface area contributed by atoms with Crippen molar-refractivity contribution in [2.24, 2.45) is 11.5 Å². The van der Waals surface area contributed by atoms with Gasteiger partial charge < -0.3 is 21.9 Å². The molecule has 0 atom stereocenters. The van der Waals surface area contributed by atoms with Crippen molar-refractivity contribution in [1.82, 2.24) is 10.2 Å². The lowest BCUT2D eigenvalue weighted by molar-refractivity contribution is 0.247. The lowest BCUT2D eigenvalue weighted by Crippen LogP contribution is -2.45. The number of piperazine rings is 1. The molecule has 0 aromatic carbocycles. The summed E-state index contributed by atoms with van der Waals surface area (Å²) in [7, 11) is 0. The Morgan fingerprint density at radius 1 is 1.15 bits per heavy atom. The molecule has 5 heteroatoms. The standard InChI is InChI=1S/C6H15N3.C2H7NO/c7-1-4-9-5-2-8-3-6-9;3-1-2-4/h8H,1-7H2;4H,1-3H2. The predicted octanol–water partition coefficient (Wildman–Crippen LogP) is -2.21. The fraction of sp³-hybridized carbons (Fsp3) is 1.00. The molecular weight excluding hydrogens is 168 g/mol. The largest absolute Gasteiger partial charge is 0.395 e. The van der Waals surface area contributed by atoms with Gasteiger partial charge in [0.1, 0.15) is 0 Å². The summed E-state index contributed by atoms with van der Waals surface area (Å²) in [4.78, 5) is 2.39. The van der Waals surface area contributed by atoms with Crippen molar-refractivity contribution in [2.75, 3.05) is 52.4 Å². The molecule has 0 radical (unpaired) electrons. The molecule has 6 N–H and O–H groups in total. The van der Waals surface area contributed by atoms with Crippen LogP contribution in [0, 0.1) is 0 Å². The van der Waals surface area contributed by atoms with E-state index in [1.165, 1.54) is 0 Å². The third-order valence-corrected chi connectivity index (χ3v) is 1.78. The first-order valence-corrected chi connectivity index (χ1v) is 4.79. The molecule has 1 heterocycles. The minimum absolute atomic E-state index is 0.0972. The van der Waals surface area contributed by atoms with E-state index in [0.29, 0.717) is 6.54 Å². The molecule has 0 aliphatic carbocycles. The third kappa shape index (κ3) is 8.14. The summed E-state index contributed by atoms with van der Waals surface area (Å²) in [6.07, 6.45) is 0. The van der Waals surface area contributed by atoms with Crippen molar-refractivity contribution in [1.29, 1.82) is 0 Å². The van der Waals surface area contributed by atoms with Crippen LogP contribution in [0.5, 0.6) is 0 Å². The first kappa shape index (κ1) is 12.8. The van der Waals surface area contributed by atoms with Crippen LogP contribution < -0.4 is 16.8 Å². The molecule has 0 amide bonds. The molecule has 1 aliphatic rings. The summed E-state index contributed by atoms with van der Waals surface area (Å²) < 4.78 is 0. The Labute approximate surface area is 80.1 Å². The lowest BCUT2D eigenvalue weighted by atomic mass is 10.3. The van der Waals surface area contributed by atoms with Crippen LogP contribution in [0.1, 0.15) is 0 Å². The summed E-state index contributed by atoms with van der Waals surface area (Å²) in [6.45, 7) is 6.90. The lowest BCUT2D eigenvalue weighted by Gasteiger charge is -2.26. The molecule has 0 aromatic rings. The van der Waals surface area contributed by atoms with Crippen molar-refractivity contribution >= 4 is 0 Å². The van der Waals surface area contributed by atoms with Gasteiger partial charge in [0, 0.05) is 45.8 Å². The number of hydrogen-bond donors (Lipinski definition) is 4. The van der Waals surface area contributed by atoms with Gasteiger partial charge in [-0.25, -0.2) is 0 Å². The zero-order chi connectivity index (χ0) is 9.94. The normalized spacial score (nSPS) is 17.8. The smallest absolute Gasteiger partial charge is 0.0553 e. The first-order valence-electron chi connectivity index (χ1n) is 4.79. The van der Waals surface area contributed by atoms with Gasteiger partial charge in [-0.3, -0.25) is 4.90 Å². The van der Waals surface area contributed by atoms with Gasteiger partial charge in [0.2, 0.25) is 0 Å². The molecule has 0 spiro atoms. The van der Waals surface area contributed by atoms with Gasteiger partial charge in [0.05, 0.1) is 6.61 Å². The highest BCUT2D eigenvalue weighted by Gasteiger charge is 2.06. The zero-order valence-corrected chi connectivity index (χ0v) is 8.21. The van der Waals surface area contributed by atoms with E-state index in [1.54, 1.807) is 0 Å². The van der Waals surface area contributed by atoms with Gasteiger partial charge >= 0.3 is 0 Å². The Kier molecular flexibility index (Phi) is 9.73. The summed E-state index contributed by atoms with van der Waals surface area (Å²) >= 11 is 0. The van der Waals surface area contributed by atoms with Crippen molar-refractivity contribution in [3.8, 4) is 0 Å². The summed E-state index contributed by atoms with van der Waals surface area (Å²) in [5, 5.41) is 11.0. The van der Waals surface area contributed by atoms with Gasteiger partial charge in [-0.15, -0.1) is 0 Å². The minimum atomic E-state index is 0.0972. The second-order valence-corrected chi connectivity index (χ2v) is 2.89. The summed E-state index contributed by atoms with van der Waals surface area (Å²) in [5.41, 5.74) is 10.2. The molecule has 0 saturated carbocycles. The molecule has 0 bridgehead atoms. The van der Waals surface area contributed by atoms with Gasteiger partial charge in [0.25, 0.3) is 0 Å².